The van der Waals surface area contributed by atoms with Crippen molar-refractivity contribution >= 4 is 23.1 Å². The lowest BCUT2D eigenvalue weighted by atomic mass is 10.1. The number of amides is 1. The molecular formula is C18H20N2O4. The van der Waals surface area contributed by atoms with Gasteiger partial charge in [-0.1, -0.05) is 12.1 Å². The van der Waals surface area contributed by atoms with Crippen LogP contribution in [0, 0.1) is 0 Å². The van der Waals surface area contributed by atoms with Gasteiger partial charge in [0.05, 0.1) is 26.5 Å². The van der Waals surface area contributed by atoms with Crippen LogP contribution < -0.4 is 20.1 Å². The van der Waals surface area contributed by atoms with E-state index in [9.17, 15) is 9.59 Å². The Balaban J connectivity index is 2.03. The minimum Gasteiger partial charge on any atom is -0.497 e. The lowest BCUT2D eigenvalue weighted by Crippen LogP contribution is -2.22. The Labute approximate surface area is 140 Å². The topological polar surface area (TPSA) is 76.7 Å². The summed E-state index contributed by atoms with van der Waals surface area (Å²) in [4.78, 5) is 23.7. The number of para-hydroxylation sites is 1. The van der Waals surface area contributed by atoms with Crippen LogP contribution in [0.4, 0.5) is 11.4 Å². The highest BCUT2D eigenvalue weighted by Crippen LogP contribution is 2.28. The largest absolute Gasteiger partial charge is 0.497 e. The lowest BCUT2D eigenvalue weighted by molar-refractivity contribution is -0.114. The van der Waals surface area contributed by atoms with Gasteiger partial charge in [-0.15, -0.1) is 0 Å². The smallest absolute Gasteiger partial charge is 0.243 e. The summed E-state index contributed by atoms with van der Waals surface area (Å²) in [6.07, 6.45) is 0. The molecule has 0 heterocycles. The highest BCUT2D eigenvalue weighted by atomic mass is 16.5. The van der Waals surface area contributed by atoms with Gasteiger partial charge in [0.15, 0.2) is 5.78 Å². The van der Waals surface area contributed by atoms with Crippen molar-refractivity contribution in [3.63, 3.8) is 0 Å². The summed E-state index contributed by atoms with van der Waals surface area (Å²) in [6, 6.07) is 12.2. The van der Waals surface area contributed by atoms with Crippen LogP contribution in [0.3, 0.4) is 0 Å². The molecule has 0 spiro atoms. The maximum atomic E-state index is 12.1. The third kappa shape index (κ3) is 4.25. The molecule has 0 radical (unpaired) electrons. The summed E-state index contributed by atoms with van der Waals surface area (Å²) in [5, 5.41) is 5.74. The van der Waals surface area contributed by atoms with Gasteiger partial charge in [0, 0.05) is 17.3 Å². The summed E-state index contributed by atoms with van der Waals surface area (Å²) in [6.45, 7) is 1.52. The number of anilines is 2. The van der Waals surface area contributed by atoms with E-state index in [-0.39, 0.29) is 18.2 Å². The van der Waals surface area contributed by atoms with Gasteiger partial charge in [0.25, 0.3) is 0 Å². The molecule has 1 amide bonds. The van der Waals surface area contributed by atoms with E-state index in [4.69, 9.17) is 9.47 Å². The molecule has 2 N–H and O–H groups in total. The molecular weight excluding hydrogens is 308 g/mol. The van der Waals surface area contributed by atoms with E-state index in [1.807, 2.05) is 0 Å². The zero-order chi connectivity index (χ0) is 17.5. The third-order valence-corrected chi connectivity index (χ3v) is 3.43. The van der Waals surface area contributed by atoms with E-state index in [1.54, 1.807) is 49.6 Å². The fourth-order valence-electron chi connectivity index (χ4n) is 2.22. The van der Waals surface area contributed by atoms with Crippen molar-refractivity contribution in [3.05, 3.63) is 48.0 Å². The number of carbonyl (C=O) groups is 2. The monoisotopic (exact) mass is 328 g/mol. The molecule has 0 atom stereocenters. The van der Waals surface area contributed by atoms with Gasteiger partial charge in [-0.05, 0) is 31.2 Å². The molecule has 2 aromatic carbocycles. The molecule has 126 valence electrons. The van der Waals surface area contributed by atoms with E-state index in [0.29, 0.717) is 28.4 Å². The van der Waals surface area contributed by atoms with Crippen LogP contribution in [-0.4, -0.2) is 32.5 Å². The number of Topliss-reactive ketones (excluding diaryl/α,β-unsaturated/α-hetero) is 1. The zero-order valence-corrected chi connectivity index (χ0v) is 13.9. The van der Waals surface area contributed by atoms with Crippen LogP contribution in [0.15, 0.2) is 42.5 Å². The SMILES string of the molecule is COc1ccc(NC(=O)CNc2ccccc2C(C)=O)c(OC)c1. The molecule has 2 rings (SSSR count). The Morgan fingerprint density at radius 1 is 1.00 bits per heavy atom. The maximum Gasteiger partial charge on any atom is 0.243 e. The van der Waals surface area contributed by atoms with Crippen molar-refractivity contribution in [2.45, 2.75) is 6.92 Å². The van der Waals surface area contributed by atoms with E-state index < -0.39 is 0 Å². The highest BCUT2D eigenvalue weighted by molar-refractivity contribution is 6.01. The predicted octanol–water partition coefficient (Wildman–Crippen LogP) is 2.96. The molecule has 2 aromatic rings. The Hall–Kier alpha value is -3.02. The first-order valence-corrected chi connectivity index (χ1v) is 7.41. The lowest BCUT2D eigenvalue weighted by Gasteiger charge is -2.13. The molecule has 0 aromatic heterocycles. The van der Waals surface area contributed by atoms with Gasteiger partial charge in [-0.25, -0.2) is 0 Å². The number of hydrogen-bond acceptors (Lipinski definition) is 5. The fourth-order valence-corrected chi connectivity index (χ4v) is 2.22. The van der Waals surface area contributed by atoms with E-state index >= 15 is 0 Å². The fraction of sp³-hybridized carbons (Fsp3) is 0.222. The number of ketones is 1. The average molecular weight is 328 g/mol. The number of ether oxygens (including phenoxy) is 2. The predicted molar refractivity (Wildman–Crippen MR) is 93.1 cm³/mol. The number of methoxy groups -OCH3 is 2. The molecule has 0 bridgehead atoms. The standard InChI is InChI=1S/C18H20N2O4/c1-12(21)14-6-4-5-7-15(14)19-11-18(22)20-16-9-8-13(23-2)10-17(16)24-3/h4-10,19H,11H2,1-3H3,(H,20,22). The average Bonchev–Trinajstić information content (AvgIpc) is 2.60. The molecule has 6 nitrogen and oxygen atoms in total. The van der Waals surface area contributed by atoms with E-state index in [0.717, 1.165) is 0 Å². The minimum absolute atomic E-state index is 0.0273. The zero-order valence-electron chi connectivity index (χ0n) is 13.9. The summed E-state index contributed by atoms with van der Waals surface area (Å²) < 4.78 is 10.4. The van der Waals surface area contributed by atoms with Crippen molar-refractivity contribution in [3.8, 4) is 11.5 Å². The third-order valence-electron chi connectivity index (χ3n) is 3.43. The quantitative estimate of drug-likeness (QED) is 0.764. The van der Waals surface area contributed by atoms with Gasteiger partial charge in [0.1, 0.15) is 11.5 Å². The second-order valence-electron chi connectivity index (χ2n) is 5.07. The maximum absolute atomic E-state index is 12.1. The van der Waals surface area contributed by atoms with Crippen molar-refractivity contribution in [1.29, 1.82) is 0 Å². The number of carbonyl (C=O) groups excluding carboxylic acids is 2. The molecule has 0 aliphatic heterocycles. The Kier molecular flexibility index (Phi) is 5.78. The van der Waals surface area contributed by atoms with Crippen LogP contribution in [0.25, 0.3) is 0 Å². The van der Waals surface area contributed by atoms with Crippen LogP contribution >= 0.6 is 0 Å². The summed E-state index contributed by atoms with van der Waals surface area (Å²) >= 11 is 0. The Morgan fingerprint density at radius 2 is 1.75 bits per heavy atom. The first-order chi connectivity index (χ1) is 11.5. The van der Waals surface area contributed by atoms with Crippen LogP contribution in [0.5, 0.6) is 11.5 Å². The molecule has 24 heavy (non-hydrogen) atoms. The number of benzene rings is 2. The molecule has 0 aliphatic carbocycles. The number of nitrogens with one attached hydrogen (secondary N) is 2. The number of hydrogen-bond donors (Lipinski definition) is 2. The molecule has 0 saturated heterocycles. The molecule has 0 aliphatic rings. The van der Waals surface area contributed by atoms with Gasteiger partial charge in [0.2, 0.25) is 5.91 Å². The normalized spacial score (nSPS) is 9.96. The molecule has 0 fully saturated rings. The van der Waals surface area contributed by atoms with Gasteiger partial charge >= 0.3 is 0 Å². The second kappa shape index (κ2) is 8.01. The first kappa shape index (κ1) is 17.3. The van der Waals surface area contributed by atoms with E-state index in [2.05, 4.69) is 10.6 Å². The highest BCUT2D eigenvalue weighted by Gasteiger charge is 2.11. The van der Waals surface area contributed by atoms with Crippen LogP contribution in [0.1, 0.15) is 17.3 Å². The first-order valence-electron chi connectivity index (χ1n) is 7.41. The van der Waals surface area contributed by atoms with Crippen LogP contribution in [-0.2, 0) is 4.79 Å². The van der Waals surface area contributed by atoms with Crippen molar-refractivity contribution in [2.75, 3.05) is 31.4 Å². The van der Waals surface area contributed by atoms with Gasteiger partial charge in [-0.3, -0.25) is 9.59 Å². The van der Waals surface area contributed by atoms with Crippen molar-refractivity contribution < 1.29 is 19.1 Å². The molecule has 0 unspecified atom stereocenters. The summed E-state index contributed by atoms with van der Waals surface area (Å²) in [7, 11) is 3.08. The van der Waals surface area contributed by atoms with Crippen molar-refractivity contribution in [1.82, 2.24) is 0 Å². The van der Waals surface area contributed by atoms with Gasteiger partial charge < -0.3 is 20.1 Å². The minimum atomic E-state index is -0.253. The second-order valence-corrected chi connectivity index (χ2v) is 5.07. The Bertz CT molecular complexity index is 744. The van der Waals surface area contributed by atoms with Gasteiger partial charge in [-0.2, -0.15) is 0 Å². The summed E-state index contributed by atoms with van der Waals surface area (Å²) in [5.74, 6) is 0.831. The van der Waals surface area contributed by atoms with Crippen LogP contribution in [0.2, 0.25) is 0 Å². The summed E-state index contributed by atoms with van der Waals surface area (Å²) in [5.41, 5.74) is 1.72. The molecule has 6 heteroatoms. The Morgan fingerprint density at radius 3 is 2.42 bits per heavy atom. The van der Waals surface area contributed by atoms with Crippen molar-refractivity contribution in [2.24, 2.45) is 0 Å². The number of rotatable bonds is 7. The molecule has 0 saturated carbocycles. The van der Waals surface area contributed by atoms with E-state index in [1.165, 1.54) is 14.0 Å².